The average Bonchev–Trinajstić information content (AvgIpc) is 3.20. The Balaban J connectivity index is 1.48. The molecule has 30 heavy (non-hydrogen) atoms. The number of hydrogen-bond donors (Lipinski definition) is 1. The fourth-order valence-corrected chi connectivity index (χ4v) is 3.44. The van der Waals surface area contributed by atoms with Crippen LogP contribution in [0.5, 0.6) is 11.5 Å². The van der Waals surface area contributed by atoms with Crippen LogP contribution in [0, 0.1) is 0 Å². The van der Waals surface area contributed by atoms with Gasteiger partial charge in [0.25, 0.3) is 0 Å². The maximum atomic E-state index is 12.5. The zero-order chi connectivity index (χ0) is 20.9. The predicted molar refractivity (Wildman–Crippen MR) is 113 cm³/mol. The Bertz CT molecular complexity index is 1180. The van der Waals surface area contributed by atoms with E-state index in [9.17, 15) is 4.79 Å². The van der Waals surface area contributed by atoms with Gasteiger partial charge in [-0.1, -0.05) is 11.8 Å². The molecule has 152 valence electrons. The van der Waals surface area contributed by atoms with E-state index in [1.807, 2.05) is 24.3 Å². The lowest BCUT2D eigenvalue weighted by atomic mass is 10.2. The molecule has 1 aromatic carbocycles. The molecule has 1 amide bonds. The summed E-state index contributed by atoms with van der Waals surface area (Å²) in [4.78, 5) is 16.5. The molecule has 0 atom stereocenters. The lowest BCUT2D eigenvalue weighted by molar-refractivity contribution is -0.113. The molecule has 4 aromatic rings. The summed E-state index contributed by atoms with van der Waals surface area (Å²) in [6.45, 7) is 0. The highest BCUT2D eigenvalue weighted by molar-refractivity contribution is 7.99. The summed E-state index contributed by atoms with van der Waals surface area (Å²) in [6.07, 6.45) is 3.42. The number of fused-ring (bicyclic) bond motifs is 1. The van der Waals surface area contributed by atoms with Gasteiger partial charge in [0.2, 0.25) is 11.1 Å². The van der Waals surface area contributed by atoms with Crippen LogP contribution in [0.3, 0.4) is 0 Å². The first-order chi connectivity index (χ1) is 14.7. The minimum atomic E-state index is -0.203. The maximum absolute atomic E-state index is 12.5. The molecule has 10 heteroatoms. The maximum Gasteiger partial charge on any atom is 0.234 e. The van der Waals surface area contributed by atoms with Crippen molar-refractivity contribution in [2.75, 3.05) is 25.3 Å². The third kappa shape index (κ3) is 4.18. The van der Waals surface area contributed by atoms with E-state index in [0.29, 0.717) is 28.0 Å². The van der Waals surface area contributed by atoms with Crippen molar-refractivity contribution in [1.82, 2.24) is 24.8 Å². The number of anilines is 1. The number of carbonyl (C=O) groups is 1. The normalized spacial score (nSPS) is 10.7. The van der Waals surface area contributed by atoms with E-state index >= 15 is 0 Å². The minimum absolute atomic E-state index is 0.136. The van der Waals surface area contributed by atoms with Crippen LogP contribution in [0.25, 0.3) is 16.9 Å². The SMILES string of the molecule is COc1ccc(NC(=O)CSc2nnc3ccc(-c4ccncc4)nn23)c(OC)c1. The third-order valence-corrected chi connectivity index (χ3v) is 5.14. The average molecular weight is 422 g/mol. The molecule has 0 saturated carbocycles. The molecule has 0 aliphatic carbocycles. The number of nitrogens with zero attached hydrogens (tertiary/aromatic N) is 5. The summed E-state index contributed by atoms with van der Waals surface area (Å²) in [5.74, 6) is 1.09. The first-order valence-electron chi connectivity index (χ1n) is 8.95. The molecule has 9 nitrogen and oxygen atoms in total. The number of methoxy groups -OCH3 is 2. The van der Waals surface area contributed by atoms with E-state index in [2.05, 4.69) is 25.6 Å². The zero-order valence-electron chi connectivity index (χ0n) is 16.3. The van der Waals surface area contributed by atoms with Gasteiger partial charge in [-0.05, 0) is 36.4 Å². The zero-order valence-corrected chi connectivity index (χ0v) is 17.1. The molecule has 0 aliphatic rings. The molecule has 0 fully saturated rings. The van der Waals surface area contributed by atoms with Crippen LogP contribution in [0.1, 0.15) is 0 Å². The van der Waals surface area contributed by atoms with Crippen molar-refractivity contribution in [3.8, 4) is 22.8 Å². The highest BCUT2D eigenvalue weighted by atomic mass is 32.2. The van der Waals surface area contributed by atoms with Crippen LogP contribution < -0.4 is 14.8 Å². The molecule has 0 aliphatic heterocycles. The molecular formula is C20H18N6O3S. The minimum Gasteiger partial charge on any atom is -0.497 e. The highest BCUT2D eigenvalue weighted by Gasteiger charge is 2.13. The number of thioether (sulfide) groups is 1. The van der Waals surface area contributed by atoms with E-state index < -0.39 is 0 Å². The lowest BCUT2D eigenvalue weighted by Crippen LogP contribution is -2.15. The van der Waals surface area contributed by atoms with Crippen molar-refractivity contribution >= 4 is 29.0 Å². The summed E-state index contributed by atoms with van der Waals surface area (Å²) < 4.78 is 12.1. The fourth-order valence-electron chi connectivity index (χ4n) is 2.75. The van der Waals surface area contributed by atoms with Gasteiger partial charge in [0.1, 0.15) is 11.5 Å². The smallest absolute Gasteiger partial charge is 0.234 e. The molecule has 0 bridgehead atoms. The first-order valence-corrected chi connectivity index (χ1v) is 9.94. The van der Waals surface area contributed by atoms with Gasteiger partial charge in [0.15, 0.2) is 5.65 Å². The summed E-state index contributed by atoms with van der Waals surface area (Å²) in [5.41, 5.74) is 2.86. The molecule has 3 heterocycles. The van der Waals surface area contributed by atoms with E-state index in [-0.39, 0.29) is 11.7 Å². The Morgan fingerprint density at radius 1 is 1.07 bits per heavy atom. The van der Waals surface area contributed by atoms with E-state index in [4.69, 9.17) is 9.47 Å². The Labute approximate surface area is 176 Å². The van der Waals surface area contributed by atoms with Gasteiger partial charge in [-0.15, -0.1) is 10.2 Å². The number of amides is 1. The number of carbonyl (C=O) groups excluding carboxylic acids is 1. The van der Waals surface area contributed by atoms with Crippen molar-refractivity contribution in [3.05, 3.63) is 54.9 Å². The lowest BCUT2D eigenvalue weighted by Gasteiger charge is -2.11. The van der Waals surface area contributed by atoms with Gasteiger partial charge < -0.3 is 14.8 Å². The molecule has 0 saturated heterocycles. The summed E-state index contributed by atoms with van der Waals surface area (Å²) in [7, 11) is 3.11. The Kier molecular flexibility index (Phi) is 5.75. The van der Waals surface area contributed by atoms with Gasteiger partial charge in [0.05, 0.1) is 31.4 Å². The van der Waals surface area contributed by atoms with Crippen LogP contribution in [0.15, 0.2) is 60.0 Å². The number of pyridine rings is 1. The second-order valence-corrected chi connectivity index (χ2v) is 7.05. The van der Waals surface area contributed by atoms with Crippen LogP contribution in [0.2, 0.25) is 0 Å². The van der Waals surface area contributed by atoms with E-state index in [1.165, 1.54) is 18.9 Å². The van der Waals surface area contributed by atoms with Crippen molar-refractivity contribution in [2.24, 2.45) is 0 Å². The molecule has 3 aromatic heterocycles. The second-order valence-electron chi connectivity index (χ2n) is 6.11. The molecule has 1 N–H and O–H groups in total. The Morgan fingerprint density at radius 3 is 2.67 bits per heavy atom. The molecular weight excluding hydrogens is 404 g/mol. The molecule has 0 radical (unpaired) electrons. The molecule has 0 spiro atoms. The first kappa shape index (κ1) is 19.6. The van der Waals surface area contributed by atoms with Gasteiger partial charge >= 0.3 is 0 Å². The number of aromatic nitrogens is 5. The predicted octanol–water partition coefficient (Wildman–Crippen LogP) is 2.93. The standard InChI is InChI=1S/C20H18N6O3S/c1-28-14-3-4-16(17(11-14)29-2)22-19(27)12-30-20-24-23-18-6-5-15(25-26(18)20)13-7-9-21-10-8-13/h3-11H,12H2,1-2H3,(H,22,27). The van der Waals surface area contributed by atoms with Gasteiger partial charge in [0, 0.05) is 24.0 Å². The number of hydrogen-bond acceptors (Lipinski definition) is 8. The number of nitrogens with one attached hydrogen (secondary N) is 1. The summed E-state index contributed by atoms with van der Waals surface area (Å²) in [6, 6.07) is 12.6. The van der Waals surface area contributed by atoms with E-state index in [0.717, 1.165) is 11.3 Å². The third-order valence-electron chi connectivity index (χ3n) is 4.23. The monoisotopic (exact) mass is 422 g/mol. The fraction of sp³-hybridized carbons (Fsp3) is 0.150. The number of benzene rings is 1. The Hall–Kier alpha value is -3.66. The van der Waals surface area contributed by atoms with Gasteiger partial charge in [-0.3, -0.25) is 9.78 Å². The van der Waals surface area contributed by atoms with Crippen LogP contribution in [-0.2, 0) is 4.79 Å². The highest BCUT2D eigenvalue weighted by Crippen LogP contribution is 2.29. The Morgan fingerprint density at radius 2 is 1.90 bits per heavy atom. The van der Waals surface area contributed by atoms with Crippen molar-refractivity contribution in [1.29, 1.82) is 0 Å². The van der Waals surface area contributed by atoms with Crippen molar-refractivity contribution in [2.45, 2.75) is 5.16 Å². The summed E-state index contributed by atoms with van der Waals surface area (Å²) >= 11 is 1.25. The molecule has 4 rings (SSSR count). The van der Waals surface area contributed by atoms with Crippen LogP contribution >= 0.6 is 11.8 Å². The van der Waals surface area contributed by atoms with Crippen LogP contribution in [0.4, 0.5) is 5.69 Å². The van der Waals surface area contributed by atoms with Crippen molar-refractivity contribution < 1.29 is 14.3 Å². The number of ether oxygens (including phenoxy) is 2. The molecule has 0 unspecified atom stereocenters. The number of rotatable bonds is 7. The van der Waals surface area contributed by atoms with Crippen molar-refractivity contribution in [3.63, 3.8) is 0 Å². The van der Waals surface area contributed by atoms with E-state index in [1.54, 1.807) is 42.2 Å². The van der Waals surface area contributed by atoms with Gasteiger partial charge in [-0.2, -0.15) is 9.61 Å². The topological polar surface area (TPSA) is 104 Å². The largest absolute Gasteiger partial charge is 0.497 e. The quantitative estimate of drug-likeness (QED) is 0.454. The second kappa shape index (κ2) is 8.78. The van der Waals surface area contributed by atoms with Gasteiger partial charge in [-0.25, -0.2) is 0 Å². The van der Waals surface area contributed by atoms with Crippen LogP contribution in [-0.4, -0.2) is 50.7 Å². The summed E-state index contributed by atoms with van der Waals surface area (Å²) in [5, 5.41) is 16.2.